The molecule has 0 unspecified atom stereocenters. The number of aromatic nitrogens is 1. The Morgan fingerprint density at radius 2 is 1.87 bits per heavy atom. The summed E-state index contributed by atoms with van der Waals surface area (Å²) in [4.78, 5) is 11.1. The van der Waals surface area contributed by atoms with Crippen molar-refractivity contribution in [3.63, 3.8) is 0 Å². The summed E-state index contributed by atoms with van der Waals surface area (Å²) in [6.07, 6.45) is 8.08. The minimum Gasteiger partial charge on any atom is -0.360 e. The maximum absolute atomic E-state index is 11.1. The Morgan fingerprint density at radius 3 is 2.47 bits per heavy atom. The van der Waals surface area contributed by atoms with Crippen LogP contribution in [0.25, 0.3) is 0 Å². The molecule has 3 rings (SSSR count). The van der Waals surface area contributed by atoms with Crippen molar-refractivity contribution in [3.05, 3.63) is 17.0 Å². The first-order valence-corrected chi connectivity index (χ1v) is 5.85. The molecular weight excluding hydrogens is 190 g/mol. The molecule has 1 aromatic rings. The van der Waals surface area contributed by atoms with Gasteiger partial charge < -0.3 is 4.52 Å². The molecule has 0 aliphatic heterocycles. The smallest absolute Gasteiger partial charge is 0.155 e. The summed E-state index contributed by atoms with van der Waals surface area (Å²) in [6.45, 7) is 0. The highest BCUT2D eigenvalue weighted by molar-refractivity contribution is 5.78. The summed E-state index contributed by atoms with van der Waals surface area (Å²) >= 11 is 0. The average Bonchev–Trinajstić information content (AvgIpc) is 2.83. The summed E-state index contributed by atoms with van der Waals surface area (Å²) in [7, 11) is 0. The minimum absolute atomic E-state index is 0.449. The normalized spacial score (nSPS) is 22.1. The van der Waals surface area contributed by atoms with Gasteiger partial charge in [0, 0.05) is 11.8 Å². The maximum atomic E-state index is 11.1. The van der Waals surface area contributed by atoms with Crippen molar-refractivity contribution in [2.24, 2.45) is 0 Å². The van der Waals surface area contributed by atoms with Crippen LogP contribution in [0.1, 0.15) is 72.2 Å². The second-order valence-electron chi connectivity index (χ2n) is 4.72. The number of rotatable bonds is 3. The number of aldehydes is 1. The van der Waals surface area contributed by atoms with Crippen LogP contribution in [0, 0.1) is 0 Å². The van der Waals surface area contributed by atoms with Crippen molar-refractivity contribution < 1.29 is 9.32 Å². The van der Waals surface area contributed by atoms with Crippen LogP contribution in [0.3, 0.4) is 0 Å². The summed E-state index contributed by atoms with van der Waals surface area (Å²) < 4.78 is 5.39. The first-order valence-electron chi connectivity index (χ1n) is 5.85. The molecule has 0 aromatic carbocycles. The lowest BCUT2D eigenvalue weighted by atomic mass is 9.99. The molecule has 3 heteroatoms. The highest BCUT2D eigenvalue weighted by Crippen LogP contribution is 2.44. The molecule has 0 saturated heterocycles. The van der Waals surface area contributed by atoms with Crippen molar-refractivity contribution in [2.75, 3.05) is 0 Å². The van der Waals surface area contributed by atoms with Crippen LogP contribution in [0.4, 0.5) is 0 Å². The molecule has 0 amide bonds. The van der Waals surface area contributed by atoms with E-state index in [0.717, 1.165) is 49.0 Å². The van der Waals surface area contributed by atoms with E-state index in [-0.39, 0.29) is 0 Å². The van der Waals surface area contributed by atoms with E-state index in [9.17, 15) is 4.79 Å². The van der Waals surface area contributed by atoms with Gasteiger partial charge in [-0.15, -0.1) is 0 Å². The number of hydrogen-bond donors (Lipinski definition) is 0. The van der Waals surface area contributed by atoms with Gasteiger partial charge in [-0.1, -0.05) is 18.0 Å². The Bertz CT molecular complexity index is 373. The van der Waals surface area contributed by atoms with Gasteiger partial charge in [0.25, 0.3) is 0 Å². The Labute approximate surface area is 88.8 Å². The third kappa shape index (κ3) is 1.50. The van der Waals surface area contributed by atoms with E-state index in [2.05, 4.69) is 5.16 Å². The Balaban J connectivity index is 1.95. The molecule has 0 atom stereocenters. The first kappa shape index (κ1) is 9.13. The molecule has 2 fully saturated rings. The molecule has 1 aromatic heterocycles. The molecule has 3 nitrogen and oxygen atoms in total. The summed E-state index contributed by atoms with van der Waals surface area (Å²) in [5.41, 5.74) is 1.69. The summed E-state index contributed by atoms with van der Waals surface area (Å²) in [6, 6.07) is 0. The molecule has 80 valence electrons. The van der Waals surface area contributed by atoms with E-state index < -0.39 is 0 Å². The molecule has 2 aliphatic carbocycles. The lowest BCUT2D eigenvalue weighted by Gasteiger charge is -2.03. The Hall–Kier alpha value is -1.12. The van der Waals surface area contributed by atoms with Crippen LogP contribution in [-0.4, -0.2) is 11.4 Å². The first-order chi connectivity index (χ1) is 7.40. The lowest BCUT2D eigenvalue weighted by molar-refractivity contribution is 0.112. The van der Waals surface area contributed by atoms with Crippen molar-refractivity contribution >= 4 is 6.29 Å². The monoisotopic (exact) mass is 205 g/mol. The second kappa shape index (κ2) is 3.47. The van der Waals surface area contributed by atoms with Crippen molar-refractivity contribution in [1.82, 2.24) is 5.16 Å². The second-order valence-corrected chi connectivity index (χ2v) is 4.72. The Kier molecular flexibility index (Phi) is 2.11. The van der Waals surface area contributed by atoms with E-state index in [1.807, 2.05) is 0 Å². The number of carbonyl (C=O) groups excluding carboxylic acids is 1. The minimum atomic E-state index is 0.449. The molecule has 0 spiro atoms. The number of carbonyl (C=O) groups is 1. The number of hydrogen-bond acceptors (Lipinski definition) is 3. The van der Waals surface area contributed by atoms with Gasteiger partial charge in [0.1, 0.15) is 0 Å². The highest BCUT2D eigenvalue weighted by Gasteiger charge is 2.34. The van der Waals surface area contributed by atoms with Gasteiger partial charge in [-0.3, -0.25) is 4.79 Å². The zero-order valence-electron chi connectivity index (χ0n) is 8.74. The third-order valence-corrected chi connectivity index (χ3v) is 3.59. The van der Waals surface area contributed by atoms with Gasteiger partial charge in [0.2, 0.25) is 0 Å². The van der Waals surface area contributed by atoms with E-state index in [1.165, 1.54) is 12.8 Å². The van der Waals surface area contributed by atoms with Crippen molar-refractivity contribution in [3.8, 4) is 0 Å². The third-order valence-electron chi connectivity index (χ3n) is 3.59. The molecule has 1 heterocycles. The van der Waals surface area contributed by atoms with Gasteiger partial charge in [-0.05, 0) is 25.7 Å². The standard InChI is InChI=1S/C12H15NO2/c14-7-10-11(8-5-6-8)13-15-12(10)9-3-1-2-4-9/h7-9H,1-6H2. The van der Waals surface area contributed by atoms with Crippen LogP contribution in [-0.2, 0) is 0 Å². The van der Waals surface area contributed by atoms with Crippen molar-refractivity contribution in [1.29, 1.82) is 0 Å². The predicted molar refractivity (Wildman–Crippen MR) is 55.1 cm³/mol. The van der Waals surface area contributed by atoms with E-state index in [0.29, 0.717) is 11.8 Å². The SMILES string of the molecule is O=Cc1c(C2CC2)noc1C1CCCC1. The van der Waals surface area contributed by atoms with E-state index in [1.54, 1.807) is 0 Å². The van der Waals surface area contributed by atoms with Crippen LogP contribution < -0.4 is 0 Å². The fourth-order valence-electron chi connectivity index (χ4n) is 2.58. The van der Waals surface area contributed by atoms with Crippen LogP contribution in [0.2, 0.25) is 0 Å². The predicted octanol–water partition coefficient (Wildman–Crippen LogP) is 3.02. The lowest BCUT2D eigenvalue weighted by Crippen LogP contribution is -1.96. The van der Waals surface area contributed by atoms with E-state index in [4.69, 9.17) is 4.52 Å². The molecule has 0 radical (unpaired) electrons. The summed E-state index contributed by atoms with van der Waals surface area (Å²) in [5.74, 6) is 1.82. The zero-order valence-corrected chi connectivity index (χ0v) is 8.74. The van der Waals surface area contributed by atoms with Gasteiger partial charge in [0.15, 0.2) is 12.0 Å². The zero-order chi connectivity index (χ0) is 10.3. The molecular formula is C12H15NO2. The van der Waals surface area contributed by atoms with Gasteiger partial charge >= 0.3 is 0 Å². The van der Waals surface area contributed by atoms with Crippen LogP contribution >= 0.6 is 0 Å². The van der Waals surface area contributed by atoms with Crippen LogP contribution in [0.5, 0.6) is 0 Å². The van der Waals surface area contributed by atoms with E-state index >= 15 is 0 Å². The molecule has 2 aliphatic rings. The topological polar surface area (TPSA) is 43.1 Å². The van der Waals surface area contributed by atoms with Gasteiger partial charge in [-0.25, -0.2) is 0 Å². The summed E-state index contributed by atoms with van der Waals surface area (Å²) in [5, 5.41) is 4.09. The van der Waals surface area contributed by atoms with Crippen molar-refractivity contribution in [2.45, 2.75) is 50.4 Å². The molecule has 0 N–H and O–H groups in total. The maximum Gasteiger partial charge on any atom is 0.155 e. The molecule has 15 heavy (non-hydrogen) atoms. The van der Waals surface area contributed by atoms with Gasteiger partial charge in [-0.2, -0.15) is 0 Å². The molecule has 2 saturated carbocycles. The number of nitrogens with zero attached hydrogens (tertiary/aromatic N) is 1. The largest absolute Gasteiger partial charge is 0.360 e. The quantitative estimate of drug-likeness (QED) is 0.712. The molecule has 0 bridgehead atoms. The average molecular weight is 205 g/mol. The fourth-order valence-corrected chi connectivity index (χ4v) is 2.58. The Morgan fingerprint density at radius 1 is 1.13 bits per heavy atom. The fraction of sp³-hybridized carbons (Fsp3) is 0.667. The van der Waals surface area contributed by atoms with Crippen LogP contribution in [0.15, 0.2) is 4.52 Å². The van der Waals surface area contributed by atoms with Gasteiger partial charge in [0.05, 0.1) is 11.3 Å². The highest BCUT2D eigenvalue weighted by atomic mass is 16.5.